The van der Waals surface area contributed by atoms with Gasteiger partial charge in [0.1, 0.15) is 23.7 Å². The SMILES string of the molecule is CC[C@]1(C)C[C@@H](OC(=O)COc2cccc(CNC(=O)[C@@H](N)CO)c2)[C@]2(C)C(C)CCC3(CCC(=O)C32)[C@@H](C)[C@@H]1O. The molecule has 9 heteroatoms. The number of aliphatic hydroxyl groups excluding tert-OH is 2. The number of rotatable bonds is 9. The van der Waals surface area contributed by atoms with E-state index in [0.717, 1.165) is 31.2 Å². The highest BCUT2D eigenvalue weighted by atomic mass is 16.6. The molecule has 0 aliphatic heterocycles. The lowest BCUT2D eigenvalue weighted by atomic mass is 9.43. The molecule has 2 bridgehead atoms. The lowest BCUT2D eigenvalue weighted by Crippen LogP contribution is -2.63. The van der Waals surface area contributed by atoms with E-state index in [1.165, 1.54) is 0 Å². The van der Waals surface area contributed by atoms with Gasteiger partial charge in [0.05, 0.1) is 12.7 Å². The molecule has 228 valence electrons. The van der Waals surface area contributed by atoms with Gasteiger partial charge in [-0.25, -0.2) is 4.79 Å². The third-order valence-electron chi connectivity index (χ3n) is 11.2. The number of hydrogen-bond donors (Lipinski definition) is 4. The van der Waals surface area contributed by atoms with Gasteiger partial charge in [0.15, 0.2) is 6.61 Å². The van der Waals surface area contributed by atoms with E-state index in [2.05, 4.69) is 39.9 Å². The molecule has 3 saturated carbocycles. The molecule has 9 atom stereocenters. The Morgan fingerprint density at radius 2 is 1.95 bits per heavy atom. The first kappa shape index (κ1) is 31.4. The zero-order chi connectivity index (χ0) is 30.2. The lowest BCUT2D eigenvalue weighted by molar-refractivity contribution is -0.213. The van der Waals surface area contributed by atoms with Crippen molar-refractivity contribution in [2.75, 3.05) is 13.2 Å². The van der Waals surface area contributed by atoms with E-state index >= 15 is 0 Å². The summed E-state index contributed by atoms with van der Waals surface area (Å²) >= 11 is 0. The Labute approximate surface area is 243 Å². The Kier molecular flexibility index (Phi) is 9.21. The summed E-state index contributed by atoms with van der Waals surface area (Å²) in [4.78, 5) is 38.8. The van der Waals surface area contributed by atoms with Crippen LogP contribution in [0.4, 0.5) is 0 Å². The van der Waals surface area contributed by atoms with Gasteiger partial charge in [-0.2, -0.15) is 0 Å². The molecule has 0 aromatic heterocycles. The molecule has 3 fully saturated rings. The number of hydrogen-bond acceptors (Lipinski definition) is 8. The van der Waals surface area contributed by atoms with Crippen LogP contribution in [0.15, 0.2) is 24.3 Å². The Balaban J connectivity index is 1.52. The Morgan fingerprint density at radius 3 is 2.63 bits per heavy atom. The summed E-state index contributed by atoms with van der Waals surface area (Å²) in [5, 5.41) is 23.4. The van der Waals surface area contributed by atoms with Crippen LogP contribution >= 0.6 is 0 Å². The molecule has 1 aromatic carbocycles. The minimum Gasteiger partial charge on any atom is -0.482 e. The molecule has 0 radical (unpaired) electrons. The third kappa shape index (κ3) is 5.65. The van der Waals surface area contributed by atoms with Crippen LogP contribution in [0.1, 0.15) is 78.7 Å². The highest BCUT2D eigenvalue weighted by molar-refractivity contribution is 5.85. The number of amides is 1. The standard InChI is InChI=1S/C32H48N2O7/c1-6-30(4)15-25(31(5)19(2)10-12-32(20(3)28(30)38)13-11-24(36)27(31)32)41-26(37)18-40-22-9-7-8-21(14-22)16-34-29(39)23(33)17-35/h7-9,14,19-20,23,25,27-28,35,38H,6,10-13,15-18,33H2,1-5H3,(H,34,39)/t19?,20-,23-,25+,27?,28-,30+,31-,32?/m0/s1. The maximum Gasteiger partial charge on any atom is 0.344 e. The Bertz CT molecular complexity index is 1140. The summed E-state index contributed by atoms with van der Waals surface area (Å²) in [5.74, 6) is -0.394. The first-order valence-electron chi connectivity index (χ1n) is 15.1. The summed E-state index contributed by atoms with van der Waals surface area (Å²) in [6.45, 7) is 10.0. The topological polar surface area (TPSA) is 148 Å². The molecule has 4 rings (SSSR count). The van der Waals surface area contributed by atoms with Gasteiger partial charge < -0.3 is 30.7 Å². The quantitative estimate of drug-likeness (QED) is 0.330. The molecule has 3 aliphatic carbocycles. The summed E-state index contributed by atoms with van der Waals surface area (Å²) in [5.41, 5.74) is 4.99. The number of aliphatic hydroxyl groups is 2. The first-order valence-corrected chi connectivity index (χ1v) is 15.1. The molecular formula is C32H48N2O7. The van der Waals surface area contributed by atoms with Crippen LogP contribution in [-0.2, 0) is 25.7 Å². The van der Waals surface area contributed by atoms with Gasteiger partial charge in [0.25, 0.3) is 0 Å². The zero-order valence-electron chi connectivity index (χ0n) is 25.2. The predicted octanol–water partition coefficient (Wildman–Crippen LogP) is 3.13. The van der Waals surface area contributed by atoms with Crippen molar-refractivity contribution < 1.29 is 34.1 Å². The zero-order valence-corrected chi connectivity index (χ0v) is 25.2. The van der Waals surface area contributed by atoms with Gasteiger partial charge in [-0.15, -0.1) is 0 Å². The number of Topliss-reactive ketones (excluding diaryl/α,β-unsaturated/α-hetero) is 1. The maximum absolute atomic E-state index is 13.5. The van der Waals surface area contributed by atoms with E-state index in [1.54, 1.807) is 24.3 Å². The maximum atomic E-state index is 13.5. The van der Waals surface area contributed by atoms with Gasteiger partial charge in [-0.05, 0) is 72.5 Å². The minimum absolute atomic E-state index is 0.0212. The highest BCUT2D eigenvalue weighted by Gasteiger charge is 2.68. The molecule has 5 N–H and O–H groups in total. The normalized spacial score (nSPS) is 37.4. The summed E-state index contributed by atoms with van der Waals surface area (Å²) in [6.07, 6.45) is 3.20. The monoisotopic (exact) mass is 572 g/mol. The molecule has 41 heavy (non-hydrogen) atoms. The van der Waals surface area contributed by atoms with Crippen molar-refractivity contribution >= 4 is 17.7 Å². The van der Waals surface area contributed by atoms with Crippen molar-refractivity contribution in [2.45, 2.75) is 97.9 Å². The fourth-order valence-electron chi connectivity index (χ4n) is 8.19. The van der Waals surface area contributed by atoms with E-state index in [9.17, 15) is 19.5 Å². The van der Waals surface area contributed by atoms with Gasteiger partial charge in [-0.3, -0.25) is 9.59 Å². The first-order chi connectivity index (χ1) is 19.3. The molecule has 3 aliphatic rings. The molecule has 0 heterocycles. The average molecular weight is 573 g/mol. The van der Waals surface area contributed by atoms with Crippen LogP contribution in [0.2, 0.25) is 0 Å². The lowest BCUT2D eigenvalue weighted by Gasteiger charge is -2.62. The van der Waals surface area contributed by atoms with Crippen LogP contribution in [0.5, 0.6) is 5.75 Å². The van der Waals surface area contributed by atoms with Crippen LogP contribution in [0.25, 0.3) is 0 Å². The van der Waals surface area contributed by atoms with E-state index in [-0.39, 0.29) is 42.1 Å². The van der Waals surface area contributed by atoms with Crippen molar-refractivity contribution in [3.63, 3.8) is 0 Å². The van der Waals surface area contributed by atoms with E-state index in [4.69, 9.17) is 20.3 Å². The smallest absolute Gasteiger partial charge is 0.344 e. The van der Waals surface area contributed by atoms with Crippen molar-refractivity contribution in [2.24, 2.45) is 39.7 Å². The third-order valence-corrected chi connectivity index (χ3v) is 11.2. The predicted molar refractivity (Wildman–Crippen MR) is 154 cm³/mol. The molecule has 0 spiro atoms. The van der Waals surface area contributed by atoms with E-state index in [0.29, 0.717) is 18.6 Å². The van der Waals surface area contributed by atoms with Gasteiger partial charge in [0.2, 0.25) is 5.91 Å². The van der Waals surface area contributed by atoms with Gasteiger partial charge in [-0.1, -0.05) is 46.8 Å². The fraction of sp³-hybridized carbons (Fsp3) is 0.719. The molecule has 1 amide bonds. The number of esters is 1. The average Bonchev–Trinajstić information content (AvgIpc) is 3.32. The molecule has 9 nitrogen and oxygen atoms in total. The molecule has 3 unspecified atom stereocenters. The number of benzene rings is 1. The van der Waals surface area contributed by atoms with Gasteiger partial charge in [0, 0.05) is 24.3 Å². The fourth-order valence-corrected chi connectivity index (χ4v) is 8.19. The number of carbonyl (C=O) groups excluding carboxylic acids is 3. The Hall–Kier alpha value is -2.49. The van der Waals surface area contributed by atoms with Gasteiger partial charge >= 0.3 is 5.97 Å². The largest absolute Gasteiger partial charge is 0.482 e. The second-order valence-corrected chi connectivity index (χ2v) is 13.3. The van der Waals surface area contributed by atoms with Crippen molar-refractivity contribution in [1.82, 2.24) is 5.32 Å². The van der Waals surface area contributed by atoms with Crippen LogP contribution in [0.3, 0.4) is 0 Å². The number of nitrogens with one attached hydrogen (secondary N) is 1. The van der Waals surface area contributed by atoms with E-state index in [1.807, 2.05) is 0 Å². The van der Waals surface area contributed by atoms with E-state index < -0.39 is 47.6 Å². The van der Waals surface area contributed by atoms with Crippen LogP contribution in [-0.4, -0.2) is 59.3 Å². The molecule has 1 aromatic rings. The van der Waals surface area contributed by atoms with Crippen LogP contribution in [0, 0.1) is 34.0 Å². The van der Waals surface area contributed by atoms with Crippen molar-refractivity contribution in [3.05, 3.63) is 29.8 Å². The number of nitrogens with two attached hydrogens (primary N) is 1. The summed E-state index contributed by atoms with van der Waals surface area (Å²) in [7, 11) is 0. The molecular weight excluding hydrogens is 524 g/mol. The van der Waals surface area contributed by atoms with Crippen molar-refractivity contribution in [1.29, 1.82) is 0 Å². The highest BCUT2D eigenvalue weighted by Crippen LogP contribution is 2.68. The molecule has 0 saturated heterocycles. The summed E-state index contributed by atoms with van der Waals surface area (Å²) < 4.78 is 12.1. The Morgan fingerprint density at radius 1 is 1.22 bits per heavy atom. The summed E-state index contributed by atoms with van der Waals surface area (Å²) in [6, 6.07) is 6.01. The number of carbonyl (C=O) groups is 3. The van der Waals surface area contributed by atoms with Crippen molar-refractivity contribution in [3.8, 4) is 5.75 Å². The minimum atomic E-state index is -0.991. The second kappa shape index (κ2) is 12.0. The number of ether oxygens (including phenoxy) is 2. The number of ketones is 1. The van der Waals surface area contributed by atoms with Crippen LogP contribution < -0.4 is 15.8 Å². The second-order valence-electron chi connectivity index (χ2n) is 13.3.